The van der Waals surface area contributed by atoms with Crippen molar-refractivity contribution in [2.75, 3.05) is 0 Å². The number of halogens is 1. The molecule has 0 bridgehead atoms. The Morgan fingerprint density at radius 3 is 2.62 bits per heavy atom. The van der Waals surface area contributed by atoms with E-state index in [0.29, 0.717) is 5.92 Å². The summed E-state index contributed by atoms with van der Waals surface area (Å²) in [6.07, 6.45) is 7.85. The molecule has 0 amide bonds. The minimum Gasteiger partial charge on any atom is -0.265 e. The molecule has 24 heavy (non-hydrogen) atoms. The lowest BCUT2D eigenvalue weighted by Gasteiger charge is -2.09. The van der Waals surface area contributed by atoms with Crippen LogP contribution in [0.3, 0.4) is 0 Å². The smallest absolute Gasteiger partial charge is 0.154 e. The molecule has 0 atom stereocenters. The van der Waals surface area contributed by atoms with E-state index < -0.39 is 0 Å². The Kier molecular flexibility index (Phi) is 4.07. The maximum Gasteiger partial charge on any atom is 0.154 e. The van der Waals surface area contributed by atoms with Gasteiger partial charge in [-0.1, -0.05) is 11.6 Å². The summed E-state index contributed by atoms with van der Waals surface area (Å²) in [6, 6.07) is 10.0. The molecule has 1 saturated carbocycles. The van der Waals surface area contributed by atoms with Gasteiger partial charge < -0.3 is 0 Å². The van der Waals surface area contributed by atoms with Gasteiger partial charge in [0.2, 0.25) is 0 Å². The van der Waals surface area contributed by atoms with Crippen molar-refractivity contribution in [3.8, 4) is 5.69 Å². The van der Waals surface area contributed by atoms with E-state index in [0.717, 1.165) is 40.8 Å². The summed E-state index contributed by atoms with van der Waals surface area (Å²) in [5.74, 6) is 2.53. The topological polar surface area (TPSA) is 43.6 Å². The van der Waals surface area contributed by atoms with Crippen LogP contribution in [0.1, 0.15) is 41.5 Å². The molecular formula is C19H19ClN4. The van der Waals surface area contributed by atoms with E-state index >= 15 is 0 Å². The Hall–Kier alpha value is -2.20. The van der Waals surface area contributed by atoms with Crippen molar-refractivity contribution in [3.05, 3.63) is 70.5 Å². The van der Waals surface area contributed by atoms with E-state index in [1.807, 2.05) is 35.3 Å². The van der Waals surface area contributed by atoms with Crippen molar-refractivity contribution < 1.29 is 0 Å². The van der Waals surface area contributed by atoms with Gasteiger partial charge in [0.1, 0.15) is 5.82 Å². The zero-order valence-electron chi connectivity index (χ0n) is 13.6. The zero-order valence-corrected chi connectivity index (χ0v) is 14.4. The molecule has 0 radical (unpaired) electrons. The lowest BCUT2D eigenvalue weighted by molar-refractivity contribution is 0.761. The SMILES string of the molecule is Cc1cc(Cl)ccc1-n1nc(C2CC2)nc1CCc1ccncc1. The van der Waals surface area contributed by atoms with E-state index in [-0.39, 0.29) is 0 Å². The Morgan fingerprint density at radius 1 is 1.12 bits per heavy atom. The van der Waals surface area contributed by atoms with E-state index in [1.165, 1.54) is 18.4 Å². The number of nitrogens with zero attached hydrogens (tertiary/aromatic N) is 4. The second kappa shape index (κ2) is 6.36. The fourth-order valence-electron chi connectivity index (χ4n) is 2.89. The van der Waals surface area contributed by atoms with Crippen molar-refractivity contribution in [2.24, 2.45) is 0 Å². The normalized spacial score (nSPS) is 14.1. The van der Waals surface area contributed by atoms with Crippen LogP contribution in [0.5, 0.6) is 0 Å². The van der Waals surface area contributed by atoms with E-state index in [4.69, 9.17) is 21.7 Å². The van der Waals surface area contributed by atoms with Crippen LogP contribution in [0.4, 0.5) is 0 Å². The molecule has 1 aromatic carbocycles. The van der Waals surface area contributed by atoms with Crippen molar-refractivity contribution in [2.45, 2.75) is 38.5 Å². The van der Waals surface area contributed by atoms with Gasteiger partial charge in [-0.15, -0.1) is 0 Å². The first-order valence-electron chi connectivity index (χ1n) is 8.32. The van der Waals surface area contributed by atoms with Crippen molar-refractivity contribution >= 4 is 11.6 Å². The largest absolute Gasteiger partial charge is 0.265 e. The Morgan fingerprint density at radius 2 is 1.92 bits per heavy atom. The highest BCUT2D eigenvalue weighted by molar-refractivity contribution is 6.30. The molecule has 3 aromatic rings. The molecular weight excluding hydrogens is 320 g/mol. The highest BCUT2D eigenvalue weighted by Gasteiger charge is 2.29. The summed E-state index contributed by atoms with van der Waals surface area (Å²) in [4.78, 5) is 8.91. The monoisotopic (exact) mass is 338 g/mol. The van der Waals surface area contributed by atoms with E-state index in [9.17, 15) is 0 Å². The summed E-state index contributed by atoms with van der Waals surface area (Å²) in [5, 5.41) is 5.54. The van der Waals surface area contributed by atoms with Crippen LogP contribution < -0.4 is 0 Å². The molecule has 2 aromatic heterocycles. The molecule has 122 valence electrons. The summed E-state index contributed by atoms with van der Waals surface area (Å²) in [5.41, 5.74) is 3.43. The number of rotatable bonds is 5. The van der Waals surface area contributed by atoms with Gasteiger partial charge in [0, 0.05) is 29.8 Å². The van der Waals surface area contributed by atoms with Gasteiger partial charge in [-0.3, -0.25) is 4.98 Å². The predicted octanol–water partition coefficient (Wildman–Crippen LogP) is 4.29. The minimum atomic E-state index is 0.540. The van der Waals surface area contributed by atoms with Crippen LogP contribution in [0.15, 0.2) is 42.7 Å². The summed E-state index contributed by atoms with van der Waals surface area (Å²) in [6.45, 7) is 2.06. The third kappa shape index (κ3) is 3.20. The zero-order chi connectivity index (χ0) is 16.5. The molecule has 0 spiro atoms. The van der Waals surface area contributed by atoms with Crippen LogP contribution in [-0.4, -0.2) is 19.7 Å². The van der Waals surface area contributed by atoms with Crippen LogP contribution >= 0.6 is 11.6 Å². The van der Waals surface area contributed by atoms with Crippen molar-refractivity contribution in [3.63, 3.8) is 0 Å². The summed E-state index contributed by atoms with van der Waals surface area (Å²) < 4.78 is 2.00. The number of hydrogen-bond donors (Lipinski definition) is 0. The Bertz CT molecular complexity index is 853. The Labute approximate surface area is 146 Å². The second-order valence-corrected chi connectivity index (χ2v) is 6.80. The molecule has 1 aliphatic carbocycles. The third-order valence-electron chi connectivity index (χ3n) is 4.41. The van der Waals surface area contributed by atoms with Gasteiger partial charge in [0.05, 0.1) is 5.69 Å². The molecule has 2 heterocycles. The minimum absolute atomic E-state index is 0.540. The number of aryl methyl sites for hydroxylation is 3. The standard InChI is InChI=1S/C19H19ClN4/c1-13-12-16(20)5-6-17(13)24-18(22-19(23-24)15-3-4-15)7-2-14-8-10-21-11-9-14/h5-6,8-12,15H,2-4,7H2,1H3. The number of benzene rings is 1. The maximum atomic E-state index is 6.10. The van der Waals surface area contributed by atoms with Gasteiger partial charge in [0.25, 0.3) is 0 Å². The predicted molar refractivity (Wildman–Crippen MR) is 94.7 cm³/mol. The van der Waals surface area contributed by atoms with Crippen LogP contribution in [-0.2, 0) is 12.8 Å². The lowest BCUT2D eigenvalue weighted by Crippen LogP contribution is -2.06. The lowest BCUT2D eigenvalue weighted by atomic mass is 10.1. The van der Waals surface area contributed by atoms with Gasteiger partial charge >= 0.3 is 0 Å². The quantitative estimate of drug-likeness (QED) is 0.697. The van der Waals surface area contributed by atoms with E-state index in [1.54, 1.807) is 0 Å². The van der Waals surface area contributed by atoms with Gasteiger partial charge in [-0.25, -0.2) is 9.67 Å². The molecule has 1 aliphatic rings. The van der Waals surface area contributed by atoms with Crippen LogP contribution in [0, 0.1) is 6.92 Å². The van der Waals surface area contributed by atoms with Gasteiger partial charge in [-0.2, -0.15) is 5.10 Å². The molecule has 5 heteroatoms. The number of aromatic nitrogens is 4. The average Bonchev–Trinajstić information content (AvgIpc) is 3.35. The first kappa shape index (κ1) is 15.3. The molecule has 0 unspecified atom stereocenters. The molecule has 0 N–H and O–H groups in total. The maximum absolute atomic E-state index is 6.10. The van der Waals surface area contributed by atoms with Crippen LogP contribution in [0.2, 0.25) is 5.02 Å². The summed E-state index contributed by atoms with van der Waals surface area (Å²) >= 11 is 6.10. The second-order valence-electron chi connectivity index (χ2n) is 6.36. The summed E-state index contributed by atoms with van der Waals surface area (Å²) in [7, 11) is 0. The van der Waals surface area contributed by atoms with Gasteiger partial charge in [0.15, 0.2) is 5.82 Å². The first-order chi connectivity index (χ1) is 11.7. The Balaban J connectivity index is 1.67. The highest BCUT2D eigenvalue weighted by atomic mass is 35.5. The molecule has 4 rings (SSSR count). The van der Waals surface area contributed by atoms with Gasteiger partial charge in [-0.05, 0) is 67.6 Å². The molecule has 0 saturated heterocycles. The number of hydrogen-bond acceptors (Lipinski definition) is 3. The van der Waals surface area contributed by atoms with E-state index in [2.05, 4.69) is 24.0 Å². The average molecular weight is 339 g/mol. The van der Waals surface area contributed by atoms with Crippen molar-refractivity contribution in [1.82, 2.24) is 19.7 Å². The number of pyridine rings is 1. The molecule has 1 fully saturated rings. The molecule has 4 nitrogen and oxygen atoms in total. The fraction of sp³-hybridized carbons (Fsp3) is 0.316. The highest BCUT2D eigenvalue weighted by Crippen LogP contribution is 2.38. The third-order valence-corrected chi connectivity index (χ3v) is 4.64. The van der Waals surface area contributed by atoms with Crippen LogP contribution in [0.25, 0.3) is 5.69 Å². The first-order valence-corrected chi connectivity index (χ1v) is 8.70. The molecule has 0 aliphatic heterocycles. The van der Waals surface area contributed by atoms with Crippen molar-refractivity contribution in [1.29, 1.82) is 0 Å². The fourth-order valence-corrected chi connectivity index (χ4v) is 3.12.